The predicted octanol–water partition coefficient (Wildman–Crippen LogP) is 0.308. The van der Waals surface area contributed by atoms with E-state index in [1.807, 2.05) is 6.92 Å². The molecule has 0 amide bonds. The number of aromatic nitrogens is 2. The van der Waals surface area contributed by atoms with E-state index in [4.69, 9.17) is 0 Å². The van der Waals surface area contributed by atoms with Crippen LogP contribution in [0.3, 0.4) is 0 Å². The van der Waals surface area contributed by atoms with Gasteiger partial charge in [-0.25, -0.2) is 0 Å². The maximum absolute atomic E-state index is 10.7. The molecule has 80 valence electrons. The molecule has 2 bridgehead atoms. The lowest BCUT2D eigenvalue weighted by Gasteiger charge is -2.32. The van der Waals surface area contributed by atoms with Gasteiger partial charge in [0.15, 0.2) is 0 Å². The van der Waals surface area contributed by atoms with Crippen LogP contribution in [-0.4, -0.2) is 39.6 Å². The first-order chi connectivity index (χ1) is 7.20. The number of nitrogens with zero attached hydrogens (tertiary/aromatic N) is 3. The van der Waals surface area contributed by atoms with E-state index < -0.39 is 5.60 Å². The van der Waals surface area contributed by atoms with E-state index in [1.165, 1.54) is 0 Å². The standard InChI is InChI=1S/C11H15N3O/c1-8-10(13-4-3-12-8)11(15)7-14-5-2-9(11)6-14/h3-4,9,15H,2,5-7H2,1H3. The summed E-state index contributed by atoms with van der Waals surface area (Å²) in [5, 5.41) is 10.7. The van der Waals surface area contributed by atoms with E-state index in [1.54, 1.807) is 12.4 Å². The maximum Gasteiger partial charge on any atom is 0.125 e. The summed E-state index contributed by atoms with van der Waals surface area (Å²) in [6.07, 6.45) is 4.42. The van der Waals surface area contributed by atoms with Crippen LogP contribution in [0.25, 0.3) is 0 Å². The Balaban J connectivity index is 2.04. The third kappa shape index (κ3) is 1.21. The molecular weight excluding hydrogens is 190 g/mol. The molecule has 3 rings (SSSR count). The molecule has 0 aliphatic carbocycles. The topological polar surface area (TPSA) is 49.3 Å². The minimum atomic E-state index is -0.753. The van der Waals surface area contributed by atoms with E-state index in [0.29, 0.717) is 5.92 Å². The summed E-state index contributed by atoms with van der Waals surface area (Å²) in [4.78, 5) is 10.8. The Labute approximate surface area is 89.0 Å². The van der Waals surface area contributed by atoms with Crippen LogP contribution in [-0.2, 0) is 5.60 Å². The van der Waals surface area contributed by atoms with Crippen LogP contribution >= 0.6 is 0 Å². The molecule has 4 heteroatoms. The van der Waals surface area contributed by atoms with Gasteiger partial charge in [-0.15, -0.1) is 0 Å². The molecule has 2 fully saturated rings. The summed E-state index contributed by atoms with van der Waals surface area (Å²) in [5.74, 6) is 0.341. The highest BCUT2D eigenvalue weighted by Gasteiger charge is 2.51. The first-order valence-corrected chi connectivity index (χ1v) is 5.43. The van der Waals surface area contributed by atoms with E-state index in [2.05, 4.69) is 14.9 Å². The highest BCUT2D eigenvalue weighted by atomic mass is 16.3. The summed E-state index contributed by atoms with van der Waals surface area (Å²) >= 11 is 0. The number of fused-ring (bicyclic) bond motifs is 2. The molecule has 0 radical (unpaired) electrons. The van der Waals surface area contributed by atoms with Gasteiger partial charge in [-0.3, -0.25) is 14.9 Å². The van der Waals surface area contributed by atoms with Crippen LogP contribution in [0.2, 0.25) is 0 Å². The molecule has 0 saturated carbocycles. The normalized spacial score (nSPS) is 38.5. The number of aryl methyl sites for hydroxylation is 1. The third-order valence-corrected chi connectivity index (χ3v) is 3.70. The van der Waals surface area contributed by atoms with Crippen LogP contribution in [0, 0.1) is 12.8 Å². The van der Waals surface area contributed by atoms with Crippen LogP contribution in [0.5, 0.6) is 0 Å². The Morgan fingerprint density at radius 3 is 2.87 bits per heavy atom. The Bertz CT molecular complexity index is 395. The maximum atomic E-state index is 10.7. The number of hydrogen-bond donors (Lipinski definition) is 1. The van der Waals surface area contributed by atoms with Crippen molar-refractivity contribution < 1.29 is 5.11 Å². The minimum Gasteiger partial charge on any atom is -0.382 e. The molecule has 1 aromatic heterocycles. The summed E-state index contributed by atoms with van der Waals surface area (Å²) in [6.45, 7) is 4.76. The van der Waals surface area contributed by atoms with Gasteiger partial charge in [0, 0.05) is 31.4 Å². The molecule has 0 aromatic carbocycles. The van der Waals surface area contributed by atoms with E-state index in [-0.39, 0.29) is 0 Å². The lowest BCUT2D eigenvalue weighted by Crippen LogP contribution is -2.41. The predicted molar refractivity (Wildman–Crippen MR) is 55.2 cm³/mol. The Hall–Kier alpha value is -1.00. The average molecular weight is 205 g/mol. The SMILES string of the molecule is Cc1nccnc1C1(O)CN2CCC1C2. The van der Waals surface area contributed by atoms with Crippen molar-refractivity contribution in [3.8, 4) is 0 Å². The Morgan fingerprint density at radius 2 is 2.27 bits per heavy atom. The van der Waals surface area contributed by atoms with Gasteiger partial charge in [0.2, 0.25) is 0 Å². The second-order valence-corrected chi connectivity index (χ2v) is 4.64. The molecular formula is C11H15N3O. The fourth-order valence-electron chi connectivity index (χ4n) is 2.94. The first-order valence-electron chi connectivity index (χ1n) is 5.43. The van der Waals surface area contributed by atoms with Gasteiger partial charge in [0.05, 0.1) is 11.4 Å². The number of hydrogen-bond acceptors (Lipinski definition) is 4. The minimum absolute atomic E-state index is 0.341. The van der Waals surface area contributed by atoms with Crippen LogP contribution in [0.4, 0.5) is 0 Å². The zero-order valence-electron chi connectivity index (χ0n) is 8.85. The quantitative estimate of drug-likeness (QED) is 0.716. The molecule has 4 nitrogen and oxygen atoms in total. The lowest BCUT2D eigenvalue weighted by atomic mass is 9.84. The first kappa shape index (κ1) is 9.24. The zero-order chi connectivity index (χ0) is 10.5. The Kier molecular flexibility index (Phi) is 1.85. The highest BCUT2D eigenvalue weighted by molar-refractivity contribution is 5.23. The van der Waals surface area contributed by atoms with Crippen molar-refractivity contribution in [2.75, 3.05) is 19.6 Å². The second-order valence-electron chi connectivity index (χ2n) is 4.64. The summed E-state index contributed by atoms with van der Waals surface area (Å²) in [5.41, 5.74) is 0.877. The van der Waals surface area contributed by atoms with Crippen molar-refractivity contribution in [2.45, 2.75) is 18.9 Å². The highest BCUT2D eigenvalue weighted by Crippen LogP contribution is 2.42. The molecule has 0 spiro atoms. The molecule has 3 heterocycles. The van der Waals surface area contributed by atoms with Crippen molar-refractivity contribution in [1.82, 2.24) is 14.9 Å². The molecule has 15 heavy (non-hydrogen) atoms. The fourth-order valence-corrected chi connectivity index (χ4v) is 2.94. The monoisotopic (exact) mass is 205 g/mol. The van der Waals surface area contributed by atoms with Crippen molar-refractivity contribution >= 4 is 0 Å². The average Bonchev–Trinajstić information content (AvgIpc) is 2.78. The van der Waals surface area contributed by atoms with Gasteiger partial charge in [-0.05, 0) is 19.9 Å². The van der Waals surface area contributed by atoms with Gasteiger partial charge >= 0.3 is 0 Å². The largest absolute Gasteiger partial charge is 0.382 e. The smallest absolute Gasteiger partial charge is 0.125 e. The molecule has 2 aliphatic rings. The van der Waals surface area contributed by atoms with Gasteiger partial charge in [-0.1, -0.05) is 0 Å². The van der Waals surface area contributed by atoms with Crippen molar-refractivity contribution in [1.29, 1.82) is 0 Å². The van der Waals surface area contributed by atoms with E-state index in [9.17, 15) is 5.11 Å². The summed E-state index contributed by atoms with van der Waals surface area (Å²) < 4.78 is 0. The van der Waals surface area contributed by atoms with Crippen LogP contribution in [0.1, 0.15) is 17.8 Å². The molecule has 2 saturated heterocycles. The van der Waals surface area contributed by atoms with E-state index in [0.717, 1.165) is 37.4 Å². The van der Waals surface area contributed by atoms with Crippen molar-refractivity contribution in [2.24, 2.45) is 5.92 Å². The Morgan fingerprint density at radius 1 is 1.47 bits per heavy atom. The summed E-state index contributed by atoms with van der Waals surface area (Å²) in [7, 11) is 0. The van der Waals surface area contributed by atoms with Gasteiger partial charge in [0.25, 0.3) is 0 Å². The van der Waals surface area contributed by atoms with E-state index >= 15 is 0 Å². The third-order valence-electron chi connectivity index (χ3n) is 3.70. The van der Waals surface area contributed by atoms with Crippen LogP contribution < -0.4 is 0 Å². The van der Waals surface area contributed by atoms with Crippen molar-refractivity contribution in [3.05, 3.63) is 23.8 Å². The second kappa shape index (κ2) is 3.00. The molecule has 1 aromatic rings. The zero-order valence-corrected chi connectivity index (χ0v) is 8.85. The number of aliphatic hydroxyl groups is 1. The molecule has 2 aliphatic heterocycles. The number of piperidine rings is 1. The van der Waals surface area contributed by atoms with Crippen molar-refractivity contribution in [3.63, 3.8) is 0 Å². The van der Waals surface area contributed by atoms with Gasteiger partial charge < -0.3 is 5.11 Å². The van der Waals surface area contributed by atoms with Gasteiger partial charge in [-0.2, -0.15) is 0 Å². The molecule has 1 N–H and O–H groups in total. The van der Waals surface area contributed by atoms with Crippen LogP contribution in [0.15, 0.2) is 12.4 Å². The molecule has 3 unspecified atom stereocenters. The lowest BCUT2D eigenvalue weighted by molar-refractivity contribution is -0.0148. The number of rotatable bonds is 1. The summed E-state index contributed by atoms with van der Waals surface area (Å²) in [6, 6.07) is 0. The fraction of sp³-hybridized carbons (Fsp3) is 0.636. The molecule has 3 atom stereocenters. The van der Waals surface area contributed by atoms with Gasteiger partial charge in [0.1, 0.15) is 5.60 Å².